The van der Waals surface area contributed by atoms with Crippen molar-refractivity contribution in [3.63, 3.8) is 0 Å². The molecule has 1 N–H and O–H groups in total. The Labute approximate surface area is 178 Å². The molecule has 3 aromatic rings. The van der Waals surface area contributed by atoms with Crippen LogP contribution in [0.3, 0.4) is 0 Å². The Hall–Kier alpha value is -2.95. The van der Waals surface area contributed by atoms with E-state index in [1.54, 1.807) is 12.1 Å². The van der Waals surface area contributed by atoms with Gasteiger partial charge in [-0.25, -0.2) is 0 Å². The number of benzene rings is 2. The maximum atomic E-state index is 12.6. The average molecular weight is 407 g/mol. The second kappa shape index (κ2) is 9.24. The lowest BCUT2D eigenvalue weighted by atomic mass is 10.1. The molecule has 1 aliphatic heterocycles. The summed E-state index contributed by atoms with van der Waals surface area (Å²) in [5.41, 5.74) is 3.13. The van der Waals surface area contributed by atoms with E-state index in [1.807, 2.05) is 6.07 Å². The second-order valence-corrected chi connectivity index (χ2v) is 8.27. The van der Waals surface area contributed by atoms with Crippen molar-refractivity contribution in [2.24, 2.45) is 5.92 Å². The summed E-state index contributed by atoms with van der Waals surface area (Å²) in [5.74, 6) is 1.94. The van der Waals surface area contributed by atoms with Crippen molar-refractivity contribution in [1.82, 2.24) is 9.88 Å². The summed E-state index contributed by atoms with van der Waals surface area (Å²) in [5, 5.41) is 4.32. The van der Waals surface area contributed by atoms with E-state index in [0.29, 0.717) is 42.7 Å². The molecular weight excluding hydrogens is 376 g/mol. The van der Waals surface area contributed by atoms with E-state index in [-0.39, 0.29) is 5.91 Å². The molecule has 4 rings (SSSR count). The predicted octanol–water partition coefficient (Wildman–Crippen LogP) is 4.82. The zero-order valence-corrected chi connectivity index (χ0v) is 17.8. The van der Waals surface area contributed by atoms with Crippen LogP contribution in [0.25, 0.3) is 10.9 Å². The van der Waals surface area contributed by atoms with E-state index < -0.39 is 0 Å². The quantitative estimate of drug-likeness (QED) is 0.612. The molecular formula is C25H30N2O3. The highest BCUT2D eigenvalue weighted by Crippen LogP contribution is 2.30. The van der Waals surface area contributed by atoms with Gasteiger partial charge in [0.15, 0.2) is 11.5 Å². The Morgan fingerprint density at radius 3 is 2.73 bits per heavy atom. The van der Waals surface area contributed by atoms with Crippen molar-refractivity contribution < 1.29 is 14.3 Å². The van der Waals surface area contributed by atoms with Gasteiger partial charge in [-0.3, -0.25) is 4.79 Å². The van der Waals surface area contributed by atoms with E-state index in [0.717, 1.165) is 25.8 Å². The number of carbonyl (C=O) groups excluding carboxylic acids is 1. The highest BCUT2D eigenvalue weighted by Gasteiger charge is 2.14. The maximum absolute atomic E-state index is 12.6. The topological polar surface area (TPSA) is 52.5 Å². The Balaban J connectivity index is 1.41. The van der Waals surface area contributed by atoms with Crippen LogP contribution >= 0.6 is 0 Å². The first-order valence-corrected chi connectivity index (χ1v) is 10.9. The lowest BCUT2D eigenvalue weighted by Crippen LogP contribution is -2.25. The number of hydrogen-bond acceptors (Lipinski definition) is 3. The summed E-state index contributed by atoms with van der Waals surface area (Å²) >= 11 is 0. The van der Waals surface area contributed by atoms with Crippen molar-refractivity contribution in [3.8, 4) is 11.5 Å². The van der Waals surface area contributed by atoms with E-state index >= 15 is 0 Å². The van der Waals surface area contributed by atoms with Crippen LogP contribution in [0.5, 0.6) is 11.5 Å². The molecule has 30 heavy (non-hydrogen) atoms. The van der Waals surface area contributed by atoms with Gasteiger partial charge in [-0.2, -0.15) is 0 Å². The highest BCUT2D eigenvalue weighted by molar-refractivity contribution is 5.95. The fraction of sp³-hybridized carbons (Fsp3) is 0.400. The number of ether oxygens (including phenoxy) is 2. The Morgan fingerprint density at radius 2 is 1.90 bits per heavy atom. The minimum Gasteiger partial charge on any atom is -0.490 e. The standard InChI is InChI=1S/C25H30N2O3/c1-18(2)11-13-27-17-20(21-6-3-4-7-22(21)27)10-12-26-25(28)19-8-9-23-24(16-19)30-15-5-14-29-23/h3-4,6-9,16-18H,5,10-15H2,1-2H3,(H,26,28). The van der Waals surface area contributed by atoms with E-state index in [4.69, 9.17) is 9.47 Å². The van der Waals surface area contributed by atoms with Crippen LogP contribution in [0.1, 0.15) is 42.6 Å². The monoisotopic (exact) mass is 406 g/mol. The molecule has 1 aliphatic rings. The van der Waals surface area contributed by atoms with Crippen molar-refractivity contribution in [2.45, 2.75) is 39.7 Å². The van der Waals surface area contributed by atoms with Gasteiger partial charge in [0.05, 0.1) is 13.2 Å². The molecule has 2 aromatic carbocycles. The third-order valence-electron chi connectivity index (χ3n) is 5.51. The summed E-state index contributed by atoms with van der Waals surface area (Å²) in [7, 11) is 0. The number of nitrogens with zero attached hydrogens (tertiary/aromatic N) is 1. The van der Waals surface area contributed by atoms with Gasteiger partial charge >= 0.3 is 0 Å². The van der Waals surface area contributed by atoms with Gasteiger partial charge in [-0.05, 0) is 48.6 Å². The highest BCUT2D eigenvalue weighted by atomic mass is 16.5. The fourth-order valence-electron chi connectivity index (χ4n) is 3.82. The molecule has 0 unspecified atom stereocenters. The lowest BCUT2D eigenvalue weighted by Gasteiger charge is -2.10. The summed E-state index contributed by atoms with van der Waals surface area (Å²) < 4.78 is 13.7. The fourth-order valence-corrected chi connectivity index (χ4v) is 3.82. The zero-order valence-electron chi connectivity index (χ0n) is 17.8. The van der Waals surface area contributed by atoms with Crippen LogP contribution in [0.15, 0.2) is 48.7 Å². The zero-order chi connectivity index (χ0) is 20.9. The molecule has 0 bridgehead atoms. The Kier molecular flexibility index (Phi) is 6.26. The van der Waals surface area contributed by atoms with Crippen LogP contribution in [0.4, 0.5) is 0 Å². The SMILES string of the molecule is CC(C)CCn1cc(CCNC(=O)c2ccc3c(c2)OCCCO3)c2ccccc21. The number of fused-ring (bicyclic) bond motifs is 2. The first kappa shape index (κ1) is 20.3. The first-order chi connectivity index (χ1) is 14.6. The molecule has 1 amide bonds. The van der Waals surface area contributed by atoms with Crippen molar-refractivity contribution in [3.05, 3.63) is 59.8 Å². The molecule has 158 valence electrons. The molecule has 5 heteroatoms. The summed E-state index contributed by atoms with van der Waals surface area (Å²) in [6.45, 7) is 7.36. The van der Waals surface area contributed by atoms with Crippen LogP contribution in [-0.2, 0) is 13.0 Å². The summed E-state index contributed by atoms with van der Waals surface area (Å²) in [4.78, 5) is 12.6. The van der Waals surface area contributed by atoms with Gasteiger partial charge in [-0.1, -0.05) is 32.0 Å². The van der Waals surface area contributed by atoms with Crippen LogP contribution in [0.2, 0.25) is 0 Å². The molecule has 0 atom stereocenters. The first-order valence-electron chi connectivity index (χ1n) is 10.9. The molecule has 0 radical (unpaired) electrons. The number of rotatable bonds is 7. The van der Waals surface area contributed by atoms with E-state index in [1.165, 1.54) is 16.5 Å². The van der Waals surface area contributed by atoms with Crippen molar-refractivity contribution >= 4 is 16.8 Å². The third-order valence-corrected chi connectivity index (χ3v) is 5.51. The Bertz CT molecular complexity index is 1020. The van der Waals surface area contributed by atoms with Gasteiger partial charge in [-0.15, -0.1) is 0 Å². The number of aryl methyl sites for hydroxylation is 1. The molecule has 0 aliphatic carbocycles. The van der Waals surface area contributed by atoms with Gasteiger partial charge in [0, 0.05) is 42.2 Å². The predicted molar refractivity (Wildman–Crippen MR) is 119 cm³/mol. The van der Waals surface area contributed by atoms with Crippen molar-refractivity contribution in [2.75, 3.05) is 19.8 Å². The molecule has 0 saturated heterocycles. The summed E-state index contributed by atoms with van der Waals surface area (Å²) in [6, 6.07) is 13.9. The number of nitrogens with one attached hydrogen (secondary N) is 1. The number of aromatic nitrogens is 1. The minimum absolute atomic E-state index is 0.0887. The number of carbonyl (C=O) groups is 1. The molecule has 1 aromatic heterocycles. The third kappa shape index (κ3) is 4.61. The largest absolute Gasteiger partial charge is 0.490 e. The van der Waals surface area contributed by atoms with Crippen molar-refractivity contribution in [1.29, 1.82) is 0 Å². The number of hydrogen-bond donors (Lipinski definition) is 1. The minimum atomic E-state index is -0.0887. The van der Waals surface area contributed by atoms with E-state index in [9.17, 15) is 4.79 Å². The smallest absolute Gasteiger partial charge is 0.251 e. The van der Waals surface area contributed by atoms with Crippen LogP contribution < -0.4 is 14.8 Å². The lowest BCUT2D eigenvalue weighted by molar-refractivity contribution is 0.0953. The van der Waals surface area contributed by atoms with Gasteiger partial charge in [0.1, 0.15) is 0 Å². The maximum Gasteiger partial charge on any atom is 0.251 e. The molecule has 5 nitrogen and oxygen atoms in total. The van der Waals surface area contributed by atoms with Gasteiger partial charge in [0.25, 0.3) is 5.91 Å². The van der Waals surface area contributed by atoms with Gasteiger partial charge in [0.2, 0.25) is 0 Å². The van der Waals surface area contributed by atoms with Gasteiger partial charge < -0.3 is 19.4 Å². The Morgan fingerprint density at radius 1 is 1.10 bits per heavy atom. The molecule has 0 saturated carbocycles. The van der Waals surface area contributed by atoms with Crippen LogP contribution in [0, 0.1) is 5.92 Å². The van der Waals surface area contributed by atoms with E-state index in [2.05, 4.69) is 54.2 Å². The number of para-hydroxylation sites is 1. The molecule has 0 fully saturated rings. The molecule has 0 spiro atoms. The summed E-state index contributed by atoms with van der Waals surface area (Å²) in [6.07, 6.45) is 5.04. The normalized spacial score (nSPS) is 13.4. The number of amides is 1. The van der Waals surface area contributed by atoms with Crippen LogP contribution in [-0.4, -0.2) is 30.2 Å². The average Bonchev–Trinajstić information content (AvgIpc) is 2.93. The second-order valence-electron chi connectivity index (χ2n) is 8.27. The molecule has 2 heterocycles.